The first-order valence-corrected chi connectivity index (χ1v) is 10.7. The Labute approximate surface area is 159 Å². The Kier molecular flexibility index (Phi) is 4.62. The van der Waals surface area contributed by atoms with E-state index in [4.69, 9.17) is 4.74 Å². The topological polar surface area (TPSA) is 55.4 Å². The molecule has 0 aromatic carbocycles. The van der Waals surface area contributed by atoms with E-state index in [1.165, 1.54) is 38.5 Å². The molecule has 5 rings (SSSR count). The standard InChI is InChI=1S/C21H29NO3S/c1-12-4-18(13(2)26-12)20(24)25-11-19(23)22-14(3)21-8-15-5-16(9-21)7-17(6-15)10-21/h4,14-17H,5-11H2,1-3H3,(H,22,23)/t14-,15?,16?,17?,21?/m0/s1. The second-order valence-electron chi connectivity index (χ2n) is 8.97. The summed E-state index contributed by atoms with van der Waals surface area (Å²) in [6, 6.07) is 1.99. The Morgan fingerprint density at radius 3 is 2.27 bits per heavy atom. The molecule has 1 atom stereocenters. The van der Waals surface area contributed by atoms with E-state index in [2.05, 4.69) is 12.2 Å². The summed E-state index contributed by atoms with van der Waals surface area (Å²) in [6.07, 6.45) is 7.97. The average Bonchev–Trinajstić information content (AvgIpc) is 2.90. The lowest BCUT2D eigenvalue weighted by molar-refractivity contribution is -0.128. The molecule has 0 radical (unpaired) electrons. The number of carbonyl (C=O) groups is 2. The minimum atomic E-state index is -0.399. The molecule has 0 spiro atoms. The molecular formula is C21H29NO3S. The molecule has 4 bridgehead atoms. The lowest BCUT2D eigenvalue weighted by Gasteiger charge is -2.59. The van der Waals surface area contributed by atoms with E-state index in [1.54, 1.807) is 11.3 Å². The van der Waals surface area contributed by atoms with E-state index in [1.807, 2.05) is 19.9 Å². The second-order valence-corrected chi connectivity index (χ2v) is 10.4. The van der Waals surface area contributed by atoms with Gasteiger partial charge in [0.15, 0.2) is 6.61 Å². The maximum Gasteiger partial charge on any atom is 0.339 e. The van der Waals surface area contributed by atoms with Crippen LogP contribution in [0.4, 0.5) is 0 Å². The number of hydrogen-bond acceptors (Lipinski definition) is 4. The van der Waals surface area contributed by atoms with Crippen molar-refractivity contribution in [3.63, 3.8) is 0 Å². The molecule has 1 amide bonds. The zero-order chi connectivity index (χ0) is 18.5. The minimum absolute atomic E-state index is 0.159. The van der Waals surface area contributed by atoms with Gasteiger partial charge in [0.25, 0.3) is 5.91 Å². The van der Waals surface area contributed by atoms with Crippen LogP contribution in [0.3, 0.4) is 0 Å². The van der Waals surface area contributed by atoms with Gasteiger partial charge in [0.1, 0.15) is 0 Å². The highest BCUT2D eigenvalue weighted by Crippen LogP contribution is 2.61. The fourth-order valence-electron chi connectivity index (χ4n) is 6.19. The molecular weight excluding hydrogens is 346 g/mol. The van der Waals surface area contributed by atoms with Gasteiger partial charge in [0, 0.05) is 15.8 Å². The molecule has 1 aromatic rings. The highest BCUT2D eigenvalue weighted by Gasteiger charge is 2.53. The van der Waals surface area contributed by atoms with Gasteiger partial charge in [-0.05, 0) is 88.5 Å². The van der Waals surface area contributed by atoms with Crippen LogP contribution in [0.15, 0.2) is 6.07 Å². The molecule has 4 saturated carbocycles. The Bertz CT molecular complexity index is 688. The van der Waals surface area contributed by atoms with E-state index in [9.17, 15) is 9.59 Å². The summed E-state index contributed by atoms with van der Waals surface area (Å²) in [7, 11) is 0. The van der Waals surface area contributed by atoms with E-state index in [0.29, 0.717) is 5.56 Å². The third kappa shape index (κ3) is 3.30. The molecule has 1 N–H and O–H groups in total. The first-order valence-electron chi connectivity index (χ1n) is 9.88. The number of nitrogens with one attached hydrogen (secondary N) is 1. The number of thiophene rings is 1. The Morgan fingerprint density at radius 1 is 1.19 bits per heavy atom. The number of amides is 1. The van der Waals surface area contributed by atoms with Crippen molar-refractivity contribution in [1.82, 2.24) is 5.32 Å². The molecule has 4 aliphatic carbocycles. The normalized spacial score (nSPS) is 33.1. The molecule has 26 heavy (non-hydrogen) atoms. The predicted octanol–water partition coefficient (Wildman–Crippen LogP) is 4.24. The summed E-state index contributed by atoms with van der Waals surface area (Å²) in [6.45, 7) is 5.83. The van der Waals surface area contributed by atoms with Gasteiger partial charge in [-0.15, -0.1) is 11.3 Å². The monoisotopic (exact) mass is 375 g/mol. The summed E-state index contributed by atoms with van der Waals surface area (Å²) in [5.41, 5.74) is 0.851. The molecule has 1 heterocycles. The van der Waals surface area contributed by atoms with Crippen LogP contribution < -0.4 is 5.32 Å². The molecule has 0 aliphatic heterocycles. The molecule has 1 aromatic heterocycles. The number of carbonyl (C=O) groups excluding carboxylic acids is 2. The van der Waals surface area contributed by atoms with E-state index in [-0.39, 0.29) is 24.0 Å². The number of rotatable bonds is 5. The minimum Gasteiger partial charge on any atom is -0.452 e. The van der Waals surface area contributed by atoms with E-state index >= 15 is 0 Å². The van der Waals surface area contributed by atoms with Crippen molar-refractivity contribution in [2.75, 3.05) is 6.61 Å². The lowest BCUT2D eigenvalue weighted by atomic mass is 9.48. The third-order valence-corrected chi connectivity index (χ3v) is 7.94. The predicted molar refractivity (Wildman–Crippen MR) is 102 cm³/mol. The van der Waals surface area contributed by atoms with Crippen LogP contribution in [0.5, 0.6) is 0 Å². The van der Waals surface area contributed by atoms with Crippen LogP contribution in [0.1, 0.15) is 65.6 Å². The van der Waals surface area contributed by atoms with E-state index < -0.39 is 5.97 Å². The maximum atomic E-state index is 12.4. The van der Waals surface area contributed by atoms with Gasteiger partial charge in [0.05, 0.1) is 5.56 Å². The largest absolute Gasteiger partial charge is 0.452 e. The first kappa shape index (κ1) is 18.0. The Balaban J connectivity index is 1.32. The average molecular weight is 376 g/mol. The molecule has 142 valence electrons. The van der Waals surface area contributed by atoms with Gasteiger partial charge in [-0.2, -0.15) is 0 Å². The second kappa shape index (κ2) is 6.66. The smallest absolute Gasteiger partial charge is 0.339 e. The molecule has 4 fully saturated rings. The molecule has 5 heteroatoms. The lowest BCUT2D eigenvalue weighted by Crippen LogP contribution is -2.56. The van der Waals surface area contributed by atoms with Crippen molar-refractivity contribution in [1.29, 1.82) is 0 Å². The maximum absolute atomic E-state index is 12.4. The van der Waals surface area contributed by atoms with Crippen LogP contribution in [0, 0.1) is 37.0 Å². The summed E-state index contributed by atoms with van der Waals surface area (Å²) in [4.78, 5) is 26.6. The zero-order valence-electron chi connectivity index (χ0n) is 16.0. The molecule has 4 aliphatic rings. The van der Waals surface area contributed by atoms with Crippen molar-refractivity contribution in [3.05, 3.63) is 21.4 Å². The molecule has 4 nitrogen and oxygen atoms in total. The van der Waals surface area contributed by atoms with Gasteiger partial charge in [0.2, 0.25) is 0 Å². The van der Waals surface area contributed by atoms with Gasteiger partial charge in [-0.3, -0.25) is 4.79 Å². The molecule has 0 saturated heterocycles. The van der Waals surface area contributed by atoms with Gasteiger partial charge >= 0.3 is 5.97 Å². The van der Waals surface area contributed by atoms with Crippen LogP contribution >= 0.6 is 11.3 Å². The van der Waals surface area contributed by atoms with Crippen LogP contribution in [-0.4, -0.2) is 24.5 Å². The Hall–Kier alpha value is -1.36. The number of ether oxygens (including phenoxy) is 1. The van der Waals surface area contributed by atoms with Gasteiger partial charge in [-0.1, -0.05) is 0 Å². The van der Waals surface area contributed by atoms with Crippen molar-refractivity contribution >= 4 is 23.2 Å². The SMILES string of the molecule is Cc1cc(C(=O)OCC(=O)N[C@@H](C)C23CC4CC(CC(C4)C2)C3)c(C)s1. The highest BCUT2D eigenvalue weighted by molar-refractivity contribution is 7.12. The third-order valence-electron chi connectivity index (χ3n) is 6.98. The van der Waals surface area contributed by atoms with Crippen LogP contribution in [-0.2, 0) is 9.53 Å². The fraction of sp³-hybridized carbons (Fsp3) is 0.714. The quantitative estimate of drug-likeness (QED) is 0.783. The van der Waals surface area contributed by atoms with E-state index in [0.717, 1.165) is 27.5 Å². The summed E-state index contributed by atoms with van der Waals surface area (Å²) < 4.78 is 5.26. The van der Waals surface area contributed by atoms with Crippen LogP contribution in [0.2, 0.25) is 0 Å². The van der Waals surface area contributed by atoms with Crippen molar-refractivity contribution in [3.8, 4) is 0 Å². The Morgan fingerprint density at radius 2 is 1.77 bits per heavy atom. The summed E-state index contributed by atoms with van der Waals surface area (Å²) in [5.74, 6) is 2.02. The molecule has 0 unspecified atom stereocenters. The van der Waals surface area contributed by atoms with Gasteiger partial charge in [-0.25, -0.2) is 4.79 Å². The van der Waals surface area contributed by atoms with Gasteiger partial charge < -0.3 is 10.1 Å². The van der Waals surface area contributed by atoms with Crippen molar-refractivity contribution in [2.24, 2.45) is 23.2 Å². The van der Waals surface area contributed by atoms with Crippen molar-refractivity contribution < 1.29 is 14.3 Å². The highest BCUT2D eigenvalue weighted by atomic mass is 32.1. The van der Waals surface area contributed by atoms with Crippen molar-refractivity contribution in [2.45, 2.75) is 65.3 Å². The fourth-order valence-corrected chi connectivity index (χ4v) is 7.10. The summed E-state index contributed by atoms with van der Waals surface area (Å²) >= 11 is 1.57. The number of aryl methyl sites for hydroxylation is 2. The first-order chi connectivity index (χ1) is 12.3. The number of esters is 1. The number of hydrogen-bond donors (Lipinski definition) is 1. The van der Waals surface area contributed by atoms with Crippen LogP contribution in [0.25, 0.3) is 0 Å². The zero-order valence-corrected chi connectivity index (χ0v) is 16.8. The summed E-state index contributed by atoms with van der Waals surface area (Å²) in [5, 5.41) is 3.15.